The van der Waals surface area contributed by atoms with E-state index in [1.54, 1.807) is 6.20 Å². The van der Waals surface area contributed by atoms with E-state index in [0.29, 0.717) is 0 Å². The molecule has 116 valence electrons. The van der Waals surface area contributed by atoms with Gasteiger partial charge in [-0.05, 0) is 30.7 Å². The molecule has 3 rings (SSSR count). The number of anilines is 1. The largest absolute Gasteiger partial charge is 0.411 e. The molecule has 5 nitrogen and oxygen atoms in total. The third kappa shape index (κ3) is 3.23. The van der Waals surface area contributed by atoms with Gasteiger partial charge in [-0.25, -0.2) is 0 Å². The second-order valence-corrected chi connectivity index (χ2v) is 5.39. The number of nitrogens with one attached hydrogen (secondary N) is 1. The molecular weight excluding hydrogens is 290 g/mol. The summed E-state index contributed by atoms with van der Waals surface area (Å²) >= 11 is 0. The second kappa shape index (κ2) is 6.36. The zero-order chi connectivity index (χ0) is 16.2. The Kier molecular flexibility index (Phi) is 4.10. The minimum Gasteiger partial charge on any atom is -0.411 e. The van der Waals surface area contributed by atoms with Crippen molar-refractivity contribution in [2.75, 3.05) is 5.32 Å². The predicted molar refractivity (Wildman–Crippen MR) is 91.1 cm³/mol. The Labute approximate surface area is 133 Å². The van der Waals surface area contributed by atoms with Gasteiger partial charge in [-0.2, -0.15) is 0 Å². The van der Waals surface area contributed by atoms with Gasteiger partial charge in [0.15, 0.2) is 0 Å². The first-order valence-corrected chi connectivity index (χ1v) is 7.29. The highest BCUT2D eigenvalue weighted by Crippen LogP contribution is 2.20. The minimum atomic E-state index is -0.108. The Morgan fingerprint density at radius 1 is 1.26 bits per heavy atom. The van der Waals surface area contributed by atoms with Crippen molar-refractivity contribution in [2.45, 2.75) is 13.5 Å². The van der Waals surface area contributed by atoms with E-state index in [1.807, 2.05) is 60.0 Å². The smallest absolute Gasteiger partial charge is 0.244 e. The van der Waals surface area contributed by atoms with Gasteiger partial charge in [-0.1, -0.05) is 35.5 Å². The summed E-state index contributed by atoms with van der Waals surface area (Å²) in [6.07, 6.45) is 3.18. The van der Waals surface area contributed by atoms with Gasteiger partial charge in [0, 0.05) is 28.4 Å². The average Bonchev–Trinajstić information content (AvgIpc) is 2.86. The van der Waals surface area contributed by atoms with Crippen LogP contribution < -0.4 is 5.32 Å². The van der Waals surface area contributed by atoms with Crippen LogP contribution in [-0.2, 0) is 11.3 Å². The molecule has 0 atom stereocenters. The van der Waals surface area contributed by atoms with Crippen molar-refractivity contribution in [1.29, 1.82) is 0 Å². The lowest BCUT2D eigenvalue weighted by Gasteiger charge is -2.08. The van der Waals surface area contributed by atoms with Crippen LogP contribution in [-0.4, -0.2) is 21.9 Å². The van der Waals surface area contributed by atoms with E-state index >= 15 is 0 Å². The van der Waals surface area contributed by atoms with Crippen molar-refractivity contribution < 1.29 is 10.0 Å². The molecule has 2 aromatic carbocycles. The molecule has 1 amide bonds. The van der Waals surface area contributed by atoms with Crippen LogP contribution in [0.5, 0.6) is 0 Å². The fraction of sp³-hybridized carbons (Fsp3) is 0.111. The van der Waals surface area contributed by atoms with Gasteiger partial charge in [0.2, 0.25) is 5.91 Å². The van der Waals surface area contributed by atoms with E-state index in [1.165, 1.54) is 6.21 Å². The maximum Gasteiger partial charge on any atom is 0.244 e. The second-order valence-electron chi connectivity index (χ2n) is 5.39. The first kappa shape index (κ1) is 14.8. The number of fused-ring (bicyclic) bond motifs is 1. The van der Waals surface area contributed by atoms with Crippen LogP contribution in [0.2, 0.25) is 0 Å². The third-order valence-electron chi connectivity index (χ3n) is 3.63. The number of hydrogen-bond acceptors (Lipinski definition) is 3. The highest BCUT2D eigenvalue weighted by atomic mass is 16.4. The molecule has 0 spiro atoms. The Balaban J connectivity index is 1.85. The van der Waals surface area contributed by atoms with Gasteiger partial charge in [-0.3, -0.25) is 4.79 Å². The summed E-state index contributed by atoms with van der Waals surface area (Å²) in [6.45, 7) is 2.17. The SMILES string of the molecule is Cc1cccc(NC(=O)Cn2cc(C=NO)c3ccccc32)c1. The fourth-order valence-corrected chi connectivity index (χ4v) is 2.65. The lowest BCUT2D eigenvalue weighted by molar-refractivity contribution is -0.116. The van der Waals surface area contributed by atoms with Gasteiger partial charge in [0.05, 0.1) is 6.21 Å². The maximum atomic E-state index is 12.3. The Morgan fingerprint density at radius 3 is 2.87 bits per heavy atom. The number of rotatable bonds is 4. The summed E-state index contributed by atoms with van der Waals surface area (Å²) in [6, 6.07) is 15.4. The van der Waals surface area contributed by atoms with Gasteiger partial charge in [0.1, 0.15) is 6.54 Å². The van der Waals surface area contributed by atoms with Crippen LogP contribution in [0, 0.1) is 6.92 Å². The highest BCUT2D eigenvalue weighted by molar-refractivity contribution is 6.00. The zero-order valence-corrected chi connectivity index (χ0v) is 12.7. The van der Waals surface area contributed by atoms with Crippen molar-refractivity contribution in [2.24, 2.45) is 5.16 Å². The van der Waals surface area contributed by atoms with E-state index in [0.717, 1.165) is 27.7 Å². The average molecular weight is 307 g/mol. The molecule has 3 aromatic rings. The summed E-state index contributed by atoms with van der Waals surface area (Å²) in [5, 5.41) is 15.7. The fourth-order valence-electron chi connectivity index (χ4n) is 2.65. The van der Waals surface area contributed by atoms with Crippen LogP contribution in [0.3, 0.4) is 0 Å². The molecule has 1 heterocycles. The molecule has 0 saturated carbocycles. The number of hydrogen-bond donors (Lipinski definition) is 2. The number of benzene rings is 2. The Morgan fingerprint density at radius 2 is 2.09 bits per heavy atom. The molecule has 0 fully saturated rings. The van der Waals surface area contributed by atoms with Crippen LogP contribution >= 0.6 is 0 Å². The first-order chi connectivity index (χ1) is 11.2. The van der Waals surface area contributed by atoms with Crippen LogP contribution in [0.15, 0.2) is 59.9 Å². The number of oxime groups is 1. The first-order valence-electron chi connectivity index (χ1n) is 7.29. The standard InChI is InChI=1S/C18H17N3O2/c1-13-5-4-6-15(9-13)20-18(22)12-21-11-14(10-19-23)16-7-2-3-8-17(16)21/h2-11,23H,12H2,1H3,(H,20,22). The molecule has 2 N–H and O–H groups in total. The van der Waals surface area contributed by atoms with Crippen molar-refractivity contribution in [3.8, 4) is 0 Å². The molecule has 23 heavy (non-hydrogen) atoms. The van der Waals surface area contributed by atoms with Crippen molar-refractivity contribution >= 4 is 28.7 Å². The molecule has 0 radical (unpaired) electrons. The minimum absolute atomic E-state index is 0.108. The molecule has 5 heteroatoms. The lowest BCUT2D eigenvalue weighted by Crippen LogP contribution is -2.18. The summed E-state index contributed by atoms with van der Waals surface area (Å²) < 4.78 is 1.84. The van der Waals surface area contributed by atoms with Crippen LogP contribution in [0.1, 0.15) is 11.1 Å². The number of aromatic nitrogens is 1. The predicted octanol–water partition coefficient (Wildman–Crippen LogP) is 3.40. The number of nitrogens with zero attached hydrogens (tertiary/aromatic N) is 2. The molecular formula is C18H17N3O2. The van der Waals surface area contributed by atoms with Gasteiger partial charge < -0.3 is 15.1 Å². The molecule has 0 aliphatic carbocycles. The van der Waals surface area contributed by atoms with Gasteiger partial charge in [-0.15, -0.1) is 0 Å². The quantitative estimate of drug-likeness (QED) is 0.441. The van der Waals surface area contributed by atoms with Crippen molar-refractivity contribution in [1.82, 2.24) is 4.57 Å². The van der Waals surface area contributed by atoms with Crippen molar-refractivity contribution in [3.05, 3.63) is 65.9 Å². The van der Waals surface area contributed by atoms with E-state index in [2.05, 4.69) is 10.5 Å². The molecule has 0 bridgehead atoms. The zero-order valence-electron chi connectivity index (χ0n) is 12.7. The van der Waals surface area contributed by atoms with E-state index in [4.69, 9.17) is 5.21 Å². The Hall–Kier alpha value is -3.08. The summed E-state index contributed by atoms with van der Waals surface area (Å²) in [7, 11) is 0. The highest BCUT2D eigenvalue weighted by Gasteiger charge is 2.10. The maximum absolute atomic E-state index is 12.3. The van der Waals surface area contributed by atoms with E-state index in [9.17, 15) is 4.79 Å². The van der Waals surface area contributed by atoms with Crippen LogP contribution in [0.4, 0.5) is 5.69 Å². The molecule has 0 unspecified atom stereocenters. The monoisotopic (exact) mass is 307 g/mol. The normalized spacial score (nSPS) is 11.2. The van der Waals surface area contributed by atoms with E-state index < -0.39 is 0 Å². The molecule has 1 aromatic heterocycles. The summed E-state index contributed by atoms with van der Waals surface area (Å²) in [5.41, 5.74) is 3.56. The molecule has 0 aliphatic rings. The molecule has 0 saturated heterocycles. The number of para-hydroxylation sites is 1. The molecule has 0 aliphatic heterocycles. The lowest BCUT2D eigenvalue weighted by atomic mass is 10.2. The van der Waals surface area contributed by atoms with Gasteiger partial charge in [0.25, 0.3) is 0 Å². The van der Waals surface area contributed by atoms with Crippen LogP contribution in [0.25, 0.3) is 10.9 Å². The summed E-state index contributed by atoms with van der Waals surface area (Å²) in [4.78, 5) is 12.3. The van der Waals surface area contributed by atoms with Gasteiger partial charge >= 0.3 is 0 Å². The topological polar surface area (TPSA) is 66.6 Å². The number of carbonyl (C=O) groups excluding carboxylic acids is 1. The summed E-state index contributed by atoms with van der Waals surface area (Å²) in [5.74, 6) is -0.108. The Bertz CT molecular complexity index is 881. The van der Waals surface area contributed by atoms with Crippen molar-refractivity contribution in [3.63, 3.8) is 0 Å². The third-order valence-corrected chi connectivity index (χ3v) is 3.63. The number of amides is 1. The number of carbonyl (C=O) groups is 1. The van der Waals surface area contributed by atoms with E-state index in [-0.39, 0.29) is 12.5 Å². The number of aryl methyl sites for hydroxylation is 1.